The van der Waals surface area contributed by atoms with Gasteiger partial charge in [0, 0.05) is 11.0 Å². The molecule has 0 bridgehead atoms. The van der Waals surface area contributed by atoms with Crippen LogP contribution in [0.4, 0.5) is 21.7 Å². The van der Waals surface area contributed by atoms with Crippen LogP contribution in [0.2, 0.25) is 5.02 Å². The molecule has 0 radical (unpaired) electrons. The van der Waals surface area contributed by atoms with Crippen molar-refractivity contribution in [3.63, 3.8) is 0 Å². The first-order valence-electron chi connectivity index (χ1n) is 5.72. The number of nitrogens with one attached hydrogen (secondary N) is 2. The van der Waals surface area contributed by atoms with Crippen LogP contribution in [0.25, 0.3) is 0 Å². The first-order chi connectivity index (χ1) is 9.10. The van der Waals surface area contributed by atoms with E-state index in [1.807, 2.05) is 25.1 Å². The number of hydrogen-bond donors (Lipinski definition) is 2. The van der Waals surface area contributed by atoms with Crippen LogP contribution in [-0.4, -0.2) is 11.5 Å². The molecule has 3 nitrogen and oxygen atoms in total. The van der Waals surface area contributed by atoms with Crippen molar-refractivity contribution in [2.75, 3.05) is 17.2 Å². The molecule has 0 unspecified atom stereocenters. The van der Waals surface area contributed by atoms with E-state index < -0.39 is 5.82 Å². The summed E-state index contributed by atoms with van der Waals surface area (Å²) in [5.74, 6) is 1.01. The highest BCUT2D eigenvalue weighted by molar-refractivity contribution is 9.10. The quantitative estimate of drug-likeness (QED) is 0.835. The van der Waals surface area contributed by atoms with E-state index in [2.05, 4.69) is 31.5 Å². The topological polar surface area (TPSA) is 37.0 Å². The molecule has 0 aliphatic carbocycles. The van der Waals surface area contributed by atoms with Gasteiger partial charge in [-0.1, -0.05) is 17.7 Å². The summed E-state index contributed by atoms with van der Waals surface area (Å²) in [5, 5.41) is 6.48. The third-order valence-electron chi connectivity index (χ3n) is 2.37. The number of hydrogen-bond acceptors (Lipinski definition) is 3. The number of rotatable bonds is 4. The van der Waals surface area contributed by atoms with Crippen molar-refractivity contribution in [3.8, 4) is 0 Å². The molecule has 1 aromatic heterocycles. The Hall–Kier alpha value is -1.33. The third-order valence-corrected chi connectivity index (χ3v) is 3.29. The molecule has 0 saturated heterocycles. The fourth-order valence-electron chi connectivity index (χ4n) is 1.57. The molecule has 0 fully saturated rings. The molecule has 1 aromatic carbocycles. The zero-order valence-corrected chi connectivity index (χ0v) is 12.5. The van der Waals surface area contributed by atoms with Gasteiger partial charge in [-0.25, -0.2) is 9.37 Å². The lowest BCUT2D eigenvalue weighted by Crippen LogP contribution is -2.01. The zero-order valence-electron chi connectivity index (χ0n) is 10.2. The van der Waals surface area contributed by atoms with Gasteiger partial charge in [0.1, 0.15) is 17.5 Å². The second-order valence-corrected chi connectivity index (χ2v) is 5.07. The van der Waals surface area contributed by atoms with Crippen LogP contribution in [0.3, 0.4) is 0 Å². The summed E-state index contributed by atoms with van der Waals surface area (Å²) in [5.41, 5.74) is 0.587. The highest BCUT2D eigenvalue weighted by Crippen LogP contribution is 2.33. The molecule has 19 heavy (non-hydrogen) atoms. The van der Waals surface area contributed by atoms with Gasteiger partial charge >= 0.3 is 0 Å². The molecule has 2 N–H and O–H groups in total. The van der Waals surface area contributed by atoms with Gasteiger partial charge in [0.15, 0.2) is 0 Å². The summed E-state index contributed by atoms with van der Waals surface area (Å²) < 4.78 is 13.7. The van der Waals surface area contributed by atoms with E-state index in [1.165, 1.54) is 12.1 Å². The predicted octanol–water partition coefficient (Wildman–Crippen LogP) is 4.81. The first-order valence-corrected chi connectivity index (χ1v) is 6.89. The summed E-state index contributed by atoms with van der Waals surface area (Å²) in [4.78, 5) is 4.37. The van der Waals surface area contributed by atoms with Gasteiger partial charge in [0.25, 0.3) is 0 Å². The van der Waals surface area contributed by atoms with Crippen molar-refractivity contribution in [3.05, 3.63) is 45.6 Å². The van der Waals surface area contributed by atoms with E-state index in [1.54, 1.807) is 0 Å². The minimum Gasteiger partial charge on any atom is -0.370 e. The van der Waals surface area contributed by atoms with Gasteiger partial charge < -0.3 is 10.6 Å². The highest BCUT2D eigenvalue weighted by atomic mass is 79.9. The van der Waals surface area contributed by atoms with Crippen LogP contribution in [0.5, 0.6) is 0 Å². The van der Waals surface area contributed by atoms with Gasteiger partial charge in [0.05, 0.1) is 10.7 Å². The molecule has 0 aliphatic heterocycles. The maximum atomic E-state index is 13.1. The Morgan fingerprint density at radius 2 is 2.05 bits per heavy atom. The summed E-state index contributed by atoms with van der Waals surface area (Å²) in [7, 11) is 0. The monoisotopic (exact) mass is 343 g/mol. The van der Waals surface area contributed by atoms with Crippen molar-refractivity contribution in [2.45, 2.75) is 6.92 Å². The SMILES string of the molecule is CCNc1cccc(Nc2c(Cl)cc(F)cc2Br)n1. The fraction of sp³-hybridized carbons (Fsp3) is 0.154. The van der Waals surface area contributed by atoms with Crippen molar-refractivity contribution < 1.29 is 4.39 Å². The lowest BCUT2D eigenvalue weighted by molar-refractivity contribution is 0.627. The lowest BCUT2D eigenvalue weighted by atomic mass is 10.3. The van der Waals surface area contributed by atoms with Crippen molar-refractivity contribution in [1.82, 2.24) is 4.98 Å². The predicted molar refractivity (Wildman–Crippen MR) is 80.8 cm³/mol. The molecule has 6 heteroatoms. The van der Waals surface area contributed by atoms with E-state index >= 15 is 0 Å². The number of nitrogens with zero attached hydrogens (tertiary/aromatic N) is 1. The molecule has 0 amide bonds. The van der Waals surface area contributed by atoms with Gasteiger partial charge in [0.2, 0.25) is 0 Å². The minimum absolute atomic E-state index is 0.294. The van der Waals surface area contributed by atoms with Crippen molar-refractivity contribution >= 4 is 44.9 Å². The largest absolute Gasteiger partial charge is 0.370 e. The summed E-state index contributed by atoms with van der Waals surface area (Å²) >= 11 is 9.28. The van der Waals surface area contributed by atoms with Gasteiger partial charge in [-0.05, 0) is 47.1 Å². The van der Waals surface area contributed by atoms with Gasteiger partial charge in [-0.15, -0.1) is 0 Å². The van der Waals surface area contributed by atoms with Crippen LogP contribution in [0.15, 0.2) is 34.8 Å². The number of anilines is 3. The molecular weight excluding hydrogens is 333 g/mol. The highest BCUT2D eigenvalue weighted by Gasteiger charge is 2.09. The van der Waals surface area contributed by atoms with Crippen LogP contribution < -0.4 is 10.6 Å². The Morgan fingerprint density at radius 3 is 2.74 bits per heavy atom. The Balaban J connectivity index is 2.28. The molecule has 0 atom stereocenters. The van der Waals surface area contributed by atoms with Gasteiger partial charge in [-0.3, -0.25) is 0 Å². The normalized spacial score (nSPS) is 10.3. The van der Waals surface area contributed by atoms with E-state index in [9.17, 15) is 4.39 Å². The smallest absolute Gasteiger partial charge is 0.132 e. The first kappa shape index (κ1) is 14.1. The second-order valence-electron chi connectivity index (χ2n) is 3.81. The molecule has 0 saturated carbocycles. The Bertz CT molecular complexity index is 569. The average molecular weight is 345 g/mol. The molecule has 2 aromatic rings. The van der Waals surface area contributed by atoms with E-state index in [-0.39, 0.29) is 0 Å². The molecule has 0 spiro atoms. The number of aromatic nitrogens is 1. The van der Waals surface area contributed by atoms with Crippen LogP contribution in [0.1, 0.15) is 6.92 Å². The number of pyridine rings is 1. The zero-order chi connectivity index (χ0) is 13.8. The lowest BCUT2D eigenvalue weighted by Gasteiger charge is -2.11. The standard InChI is InChI=1S/C13H12BrClFN3/c1-2-17-11-4-3-5-12(18-11)19-13-9(14)6-8(16)7-10(13)15/h3-7H,2H2,1H3,(H2,17,18,19). The number of halogens is 3. The Kier molecular flexibility index (Phi) is 4.61. The van der Waals surface area contributed by atoms with Crippen LogP contribution >= 0.6 is 27.5 Å². The van der Waals surface area contributed by atoms with Gasteiger partial charge in [-0.2, -0.15) is 0 Å². The molecule has 1 heterocycles. The van der Waals surface area contributed by atoms with E-state index in [0.29, 0.717) is 21.0 Å². The third kappa shape index (κ3) is 3.58. The molecule has 0 aliphatic rings. The fourth-order valence-corrected chi connectivity index (χ4v) is 2.47. The number of benzene rings is 1. The van der Waals surface area contributed by atoms with Crippen molar-refractivity contribution in [1.29, 1.82) is 0 Å². The molecule has 100 valence electrons. The average Bonchev–Trinajstić information content (AvgIpc) is 2.35. The Morgan fingerprint density at radius 1 is 1.32 bits per heavy atom. The van der Waals surface area contributed by atoms with Crippen LogP contribution in [-0.2, 0) is 0 Å². The second kappa shape index (κ2) is 6.21. The molecule has 2 rings (SSSR count). The Labute approximate surface area is 124 Å². The van der Waals surface area contributed by atoms with E-state index in [4.69, 9.17) is 11.6 Å². The summed E-state index contributed by atoms with van der Waals surface area (Å²) in [6.45, 7) is 2.78. The summed E-state index contributed by atoms with van der Waals surface area (Å²) in [6, 6.07) is 8.16. The minimum atomic E-state index is -0.392. The maximum Gasteiger partial charge on any atom is 0.132 e. The van der Waals surface area contributed by atoms with E-state index in [0.717, 1.165) is 12.4 Å². The molecular formula is C13H12BrClFN3. The maximum absolute atomic E-state index is 13.1. The summed E-state index contributed by atoms with van der Waals surface area (Å²) in [6.07, 6.45) is 0. The van der Waals surface area contributed by atoms with Crippen molar-refractivity contribution in [2.24, 2.45) is 0 Å². The van der Waals surface area contributed by atoms with Crippen LogP contribution in [0, 0.1) is 5.82 Å².